The van der Waals surface area contributed by atoms with Gasteiger partial charge in [0.25, 0.3) is 0 Å². The minimum Gasteiger partial charge on any atom is -0.383 e. The third kappa shape index (κ3) is 2.03. The average Bonchev–Trinajstić information content (AvgIpc) is 2.85. The van der Waals surface area contributed by atoms with Crippen molar-refractivity contribution < 1.29 is 0 Å². The van der Waals surface area contributed by atoms with Crippen LogP contribution in [0, 0.1) is 0 Å². The van der Waals surface area contributed by atoms with Crippen molar-refractivity contribution in [1.82, 2.24) is 19.5 Å². The topological polar surface area (TPSA) is 72.9 Å². The second kappa shape index (κ2) is 4.53. The number of hydrogen-bond donors (Lipinski definition) is 1. The van der Waals surface area contributed by atoms with Crippen molar-refractivity contribution in [3.63, 3.8) is 0 Å². The summed E-state index contributed by atoms with van der Waals surface area (Å²) in [7, 11) is 0. The lowest BCUT2D eigenvalue weighted by Crippen LogP contribution is -2.35. The Morgan fingerprint density at radius 3 is 2.84 bits per heavy atom. The number of fused-ring (bicyclic) bond motifs is 1. The molecule has 100 valence electrons. The summed E-state index contributed by atoms with van der Waals surface area (Å²) in [6, 6.07) is 0. The molecule has 0 saturated carbocycles. The van der Waals surface area contributed by atoms with Crippen LogP contribution in [0.5, 0.6) is 0 Å². The average molecular weight is 258 g/mol. The molecule has 0 bridgehead atoms. The maximum absolute atomic E-state index is 6.00. The number of anilines is 2. The van der Waals surface area contributed by atoms with E-state index in [9.17, 15) is 0 Å². The van der Waals surface area contributed by atoms with E-state index in [0.717, 1.165) is 36.8 Å². The van der Waals surface area contributed by atoms with E-state index < -0.39 is 0 Å². The summed E-state index contributed by atoms with van der Waals surface area (Å²) in [5.74, 6) is 2.89. The van der Waals surface area contributed by atoms with Crippen molar-refractivity contribution in [2.24, 2.45) is 0 Å². The molecule has 6 heteroatoms. The second-order valence-electron chi connectivity index (χ2n) is 5.11. The van der Waals surface area contributed by atoms with Crippen molar-refractivity contribution >= 4 is 11.6 Å². The normalized spacial score (nSPS) is 14.8. The zero-order valence-corrected chi connectivity index (χ0v) is 11.2. The molecule has 19 heavy (non-hydrogen) atoms. The van der Waals surface area contributed by atoms with Crippen molar-refractivity contribution in [1.29, 1.82) is 0 Å². The van der Waals surface area contributed by atoms with Crippen LogP contribution in [0.3, 0.4) is 0 Å². The maximum Gasteiger partial charge on any atom is 0.138 e. The predicted octanol–water partition coefficient (Wildman–Crippen LogP) is 1.40. The third-order valence-corrected chi connectivity index (χ3v) is 3.52. The Hall–Kier alpha value is -2.11. The smallest absolute Gasteiger partial charge is 0.138 e. The van der Waals surface area contributed by atoms with Gasteiger partial charge in [-0.2, -0.15) is 0 Å². The van der Waals surface area contributed by atoms with Crippen LogP contribution in [-0.4, -0.2) is 26.1 Å². The third-order valence-electron chi connectivity index (χ3n) is 3.52. The highest BCUT2D eigenvalue weighted by Gasteiger charge is 2.22. The first kappa shape index (κ1) is 12.0. The van der Waals surface area contributed by atoms with Crippen LogP contribution in [0.15, 0.2) is 18.7 Å². The van der Waals surface area contributed by atoms with Gasteiger partial charge in [0.15, 0.2) is 0 Å². The van der Waals surface area contributed by atoms with Crippen LogP contribution in [-0.2, 0) is 13.1 Å². The molecule has 0 amide bonds. The highest BCUT2D eigenvalue weighted by molar-refractivity contribution is 5.58. The fourth-order valence-corrected chi connectivity index (χ4v) is 2.56. The van der Waals surface area contributed by atoms with E-state index >= 15 is 0 Å². The summed E-state index contributed by atoms with van der Waals surface area (Å²) in [4.78, 5) is 15.2. The number of nitrogens with two attached hydrogens (primary N) is 1. The molecule has 2 N–H and O–H groups in total. The van der Waals surface area contributed by atoms with Gasteiger partial charge in [-0.15, -0.1) is 0 Å². The predicted molar refractivity (Wildman–Crippen MR) is 73.8 cm³/mol. The highest BCUT2D eigenvalue weighted by atomic mass is 15.3. The van der Waals surface area contributed by atoms with E-state index in [1.807, 2.05) is 12.4 Å². The Kier molecular flexibility index (Phi) is 2.85. The van der Waals surface area contributed by atoms with Crippen LogP contribution in [0.4, 0.5) is 11.6 Å². The van der Waals surface area contributed by atoms with Gasteiger partial charge in [0.2, 0.25) is 0 Å². The van der Waals surface area contributed by atoms with Crippen LogP contribution in [0.1, 0.15) is 31.2 Å². The van der Waals surface area contributed by atoms with E-state index in [1.54, 1.807) is 0 Å². The van der Waals surface area contributed by atoms with Crippen molar-refractivity contribution in [2.75, 3.05) is 17.2 Å². The van der Waals surface area contributed by atoms with Gasteiger partial charge in [-0.1, -0.05) is 13.8 Å². The fraction of sp³-hybridized carbons (Fsp3) is 0.462. The Balaban J connectivity index is 1.98. The molecule has 1 aliphatic heterocycles. The molecule has 0 radical (unpaired) electrons. The number of nitrogen functional groups attached to an aromatic ring is 1. The van der Waals surface area contributed by atoms with E-state index in [4.69, 9.17) is 5.73 Å². The first-order valence-corrected chi connectivity index (χ1v) is 6.52. The van der Waals surface area contributed by atoms with Gasteiger partial charge in [-0.05, 0) is 5.92 Å². The lowest BCUT2D eigenvalue weighted by molar-refractivity contribution is 0.553. The molecule has 0 atom stereocenters. The monoisotopic (exact) mass is 258 g/mol. The largest absolute Gasteiger partial charge is 0.383 e. The molecular formula is C13H18N6. The first-order chi connectivity index (χ1) is 9.16. The van der Waals surface area contributed by atoms with Gasteiger partial charge in [-0.3, -0.25) is 0 Å². The number of aromatic nitrogens is 4. The molecule has 0 unspecified atom stereocenters. The van der Waals surface area contributed by atoms with Crippen molar-refractivity contribution in [3.05, 3.63) is 30.1 Å². The van der Waals surface area contributed by atoms with E-state index in [-0.39, 0.29) is 0 Å². The standard InChI is InChI=1S/C13H18N6/c1-9(2)11-12(14)16-8-17-13(11)19-6-5-18-4-3-15-10(18)7-19/h3-4,8-9H,5-7H2,1-2H3,(H2,14,16,17). The molecule has 0 saturated heterocycles. The Bertz CT molecular complexity index is 589. The van der Waals surface area contributed by atoms with Crippen LogP contribution in [0.2, 0.25) is 0 Å². The van der Waals surface area contributed by atoms with Gasteiger partial charge in [0, 0.05) is 31.0 Å². The van der Waals surface area contributed by atoms with E-state index in [1.165, 1.54) is 6.33 Å². The molecule has 0 fully saturated rings. The summed E-state index contributed by atoms with van der Waals surface area (Å²) in [6.45, 7) is 6.84. The molecule has 0 aromatic carbocycles. The van der Waals surface area contributed by atoms with E-state index in [0.29, 0.717) is 11.7 Å². The molecule has 0 aliphatic carbocycles. The molecule has 0 spiro atoms. The van der Waals surface area contributed by atoms with Gasteiger partial charge in [0.05, 0.1) is 6.54 Å². The summed E-state index contributed by atoms with van der Waals surface area (Å²) in [5.41, 5.74) is 7.04. The molecule has 2 aromatic rings. The Labute approximate surface area is 112 Å². The Morgan fingerprint density at radius 2 is 2.05 bits per heavy atom. The summed E-state index contributed by atoms with van der Waals surface area (Å²) >= 11 is 0. The van der Waals surface area contributed by atoms with Crippen LogP contribution in [0.25, 0.3) is 0 Å². The number of nitrogens with zero attached hydrogens (tertiary/aromatic N) is 5. The van der Waals surface area contributed by atoms with E-state index in [2.05, 4.69) is 38.3 Å². The molecule has 2 aromatic heterocycles. The maximum atomic E-state index is 6.00. The molecule has 3 heterocycles. The quantitative estimate of drug-likeness (QED) is 0.881. The molecular weight excluding hydrogens is 240 g/mol. The summed E-state index contributed by atoms with van der Waals surface area (Å²) in [6.07, 6.45) is 5.40. The first-order valence-electron chi connectivity index (χ1n) is 6.52. The number of imidazole rings is 1. The highest BCUT2D eigenvalue weighted by Crippen LogP contribution is 2.30. The second-order valence-corrected chi connectivity index (χ2v) is 5.11. The Morgan fingerprint density at radius 1 is 1.21 bits per heavy atom. The molecule has 1 aliphatic rings. The van der Waals surface area contributed by atoms with Crippen molar-refractivity contribution in [3.8, 4) is 0 Å². The zero-order chi connectivity index (χ0) is 13.4. The fourth-order valence-electron chi connectivity index (χ4n) is 2.56. The van der Waals surface area contributed by atoms with Gasteiger partial charge in [0.1, 0.15) is 23.8 Å². The minimum atomic E-state index is 0.304. The van der Waals surface area contributed by atoms with Crippen molar-refractivity contribution in [2.45, 2.75) is 32.9 Å². The minimum absolute atomic E-state index is 0.304. The molecule has 3 rings (SSSR count). The van der Waals surface area contributed by atoms with Crippen LogP contribution >= 0.6 is 0 Å². The number of rotatable bonds is 2. The lowest BCUT2D eigenvalue weighted by atomic mass is 10.0. The summed E-state index contributed by atoms with van der Waals surface area (Å²) in [5, 5.41) is 0. The molecule has 6 nitrogen and oxygen atoms in total. The lowest BCUT2D eigenvalue weighted by Gasteiger charge is -2.30. The SMILES string of the molecule is CC(C)c1c(N)ncnc1N1CCn2ccnc2C1. The zero-order valence-electron chi connectivity index (χ0n) is 11.2. The number of hydrogen-bond acceptors (Lipinski definition) is 5. The van der Waals surface area contributed by atoms with Gasteiger partial charge < -0.3 is 15.2 Å². The van der Waals surface area contributed by atoms with Crippen LogP contribution < -0.4 is 10.6 Å². The summed E-state index contributed by atoms with van der Waals surface area (Å²) < 4.78 is 2.18. The van der Waals surface area contributed by atoms with Gasteiger partial charge >= 0.3 is 0 Å². The van der Waals surface area contributed by atoms with Gasteiger partial charge in [-0.25, -0.2) is 15.0 Å².